The Morgan fingerprint density at radius 3 is 2.27 bits per heavy atom. The van der Waals surface area contributed by atoms with Crippen LogP contribution in [0.4, 0.5) is 0 Å². The quantitative estimate of drug-likeness (QED) is 0.199. The predicted molar refractivity (Wildman–Crippen MR) is 144 cm³/mol. The van der Waals surface area contributed by atoms with Gasteiger partial charge in [0, 0.05) is 16.8 Å². The number of aryl methyl sites for hydroxylation is 2. The van der Waals surface area contributed by atoms with E-state index in [1.807, 2.05) is 0 Å². The van der Waals surface area contributed by atoms with Gasteiger partial charge in [-0.2, -0.15) is 0 Å². The highest BCUT2D eigenvalue weighted by molar-refractivity contribution is 6.91. The number of nitrogens with zero attached hydrogens (tertiary/aromatic N) is 1. The van der Waals surface area contributed by atoms with Gasteiger partial charge in [0.05, 0.1) is 19.0 Å². The minimum atomic E-state index is -1.43. The first kappa shape index (κ1) is 21.9. The highest BCUT2D eigenvalue weighted by atomic mass is 28.3. The summed E-state index contributed by atoms with van der Waals surface area (Å²) in [5.41, 5.74) is 6.98. The number of fused-ring (bicyclic) bond motifs is 4. The number of pyridine rings is 1. The van der Waals surface area contributed by atoms with Crippen molar-refractivity contribution >= 4 is 46.0 Å². The summed E-state index contributed by atoms with van der Waals surface area (Å²) in [6, 6.07) is 24.1. The van der Waals surface area contributed by atoms with Gasteiger partial charge in [0.15, 0.2) is 6.20 Å². The molecule has 0 fully saturated rings. The first-order valence-corrected chi connectivity index (χ1v) is 14.9. The molecule has 0 radical (unpaired) electrons. The van der Waals surface area contributed by atoms with E-state index >= 15 is 0 Å². The maximum atomic E-state index is 6.50. The SMILES string of the molecule is CC[Si](CC)(CC)c1ccc2c(-c3c(C)c(C)cc4c3oc3ccccc34)[n+](C)ccc2c1. The van der Waals surface area contributed by atoms with Crippen LogP contribution in [0, 0.1) is 13.8 Å². The molecular weight excluding hydrogens is 418 g/mol. The molecule has 0 saturated carbocycles. The first-order valence-electron chi connectivity index (χ1n) is 12.3. The third kappa shape index (κ3) is 3.25. The molecule has 0 saturated heterocycles. The molecule has 2 nitrogen and oxygen atoms in total. The summed E-state index contributed by atoms with van der Waals surface area (Å²) in [6.45, 7) is 11.6. The Kier molecular flexibility index (Phi) is 5.41. The van der Waals surface area contributed by atoms with Gasteiger partial charge in [-0.1, -0.05) is 74.4 Å². The zero-order chi connectivity index (χ0) is 23.3. The monoisotopic (exact) mass is 452 g/mol. The second-order valence-corrected chi connectivity index (χ2v) is 14.8. The van der Waals surface area contributed by atoms with Crippen LogP contribution in [-0.2, 0) is 7.05 Å². The third-order valence-electron chi connectivity index (χ3n) is 8.20. The van der Waals surface area contributed by atoms with Crippen LogP contribution < -0.4 is 9.75 Å². The van der Waals surface area contributed by atoms with Crippen LogP contribution >= 0.6 is 0 Å². The Hall–Kier alpha value is -2.91. The lowest BCUT2D eigenvalue weighted by Crippen LogP contribution is -2.45. The summed E-state index contributed by atoms with van der Waals surface area (Å²) in [4.78, 5) is 0. The molecule has 2 aromatic heterocycles. The van der Waals surface area contributed by atoms with Gasteiger partial charge in [-0.05, 0) is 48.6 Å². The molecule has 0 aliphatic rings. The van der Waals surface area contributed by atoms with Gasteiger partial charge >= 0.3 is 0 Å². The molecule has 0 N–H and O–H groups in total. The van der Waals surface area contributed by atoms with Crippen LogP contribution in [0.15, 0.2) is 65.2 Å². The molecule has 0 aliphatic heterocycles. The van der Waals surface area contributed by atoms with Gasteiger partial charge in [0.25, 0.3) is 0 Å². The Morgan fingerprint density at radius 2 is 1.55 bits per heavy atom. The van der Waals surface area contributed by atoms with E-state index in [9.17, 15) is 0 Å². The molecule has 3 aromatic carbocycles. The normalized spacial score (nSPS) is 12.3. The van der Waals surface area contributed by atoms with Crippen LogP contribution in [0.25, 0.3) is 44.0 Å². The highest BCUT2D eigenvalue weighted by Crippen LogP contribution is 2.40. The molecule has 0 spiro atoms. The largest absolute Gasteiger partial charge is 0.455 e. The van der Waals surface area contributed by atoms with E-state index in [1.165, 1.54) is 62.1 Å². The smallest absolute Gasteiger partial charge is 0.224 e. The highest BCUT2D eigenvalue weighted by Gasteiger charge is 2.30. The Bertz CT molecular complexity index is 1500. The fourth-order valence-corrected chi connectivity index (χ4v) is 9.37. The standard InChI is InChI=1S/C30H34NOSi/c1-7-33(8-2,9-3)23-14-15-24-22(19-23)16-17-31(6)29(24)28-21(5)20(4)18-26-25-12-10-11-13-27(25)32-30(26)28/h10-19H,7-9H2,1-6H3/q+1. The van der Waals surface area contributed by atoms with Crippen molar-refractivity contribution < 1.29 is 8.98 Å². The van der Waals surface area contributed by atoms with E-state index in [1.54, 1.807) is 5.19 Å². The van der Waals surface area contributed by atoms with Gasteiger partial charge in [0.1, 0.15) is 18.2 Å². The van der Waals surface area contributed by atoms with E-state index in [2.05, 4.69) is 107 Å². The van der Waals surface area contributed by atoms with Gasteiger partial charge in [-0.25, -0.2) is 4.57 Å². The molecule has 0 atom stereocenters. The van der Waals surface area contributed by atoms with E-state index < -0.39 is 8.07 Å². The van der Waals surface area contributed by atoms with Crippen molar-refractivity contribution in [1.82, 2.24) is 0 Å². The van der Waals surface area contributed by atoms with E-state index in [4.69, 9.17) is 4.42 Å². The molecule has 3 heteroatoms. The molecule has 0 unspecified atom stereocenters. The maximum Gasteiger partial charge on any atom is 0.224 e. The van der Waals surface area contributed by atoms with Crippen LogP contribution in [0.3, 0.4) is 0 Å². The van der Waals surface area contributed by atoms with Crippen LogP contribution in [0.5, 0.6) is 0 Å². The number of para-hydroxylation sites is 1. The van der Waals surface area contributed by atoms with Gasteiger partial charge in [0.2, 0.25) is 5.69 Å². The number of benzene rings is 3. The second-order valence-electron chi connectivity index (χ2n) is 9.59. The van der Waals surface area contributed by atoms with Crippen LogP contribution in [0.2, 0.25) is 18.1 Å². The number of hydrogen-bond donors (Lipinski definition) is 0. The predicted octanol–water partition coefficient (Wildman–Crippen LogP) is 7.56. The van der Waals surface area contributed by atoms with Crippen molar-refractivity contribution in [3.63, 3.8) is 0 Å². The molecule has 168 valence electrons. The van der Waals surface area contributed by atoms with E-state index in [-0.39, 0.29) is 0 Å². The third-order valence-corrected chi connectivity index (χ3v) is 13.8. The molecule has 2 heterocycles. The summed E-state index contributed by atoms with van der Waals surface area (Å²) in [6.07, 6.45) is 2.21. The number of rotatable bonds is 5. The Labute approximate surface area is 197 Å². The van der Waals surface area contributed by atoms with Crippen molar-refractivity contribution in [3.05, 3.63) is 71.9 Å². The van der Waals surface area contributed by atoms with Gasteiger partial charge in [-0.3, -0.25) is 0 Å². The van der Waals surface area contributed by atoms with Crippen molar-refractivity contribution in [1.29, 1.82) is 0 Å². The molecule has 5 rings (SSSR count). The number of aromatic nitrogens is 1. The lowest BCUT2D eigenvalue weighted by Gasteiger charge is -2.29. The fourth-order valence-electron chi connectivity index (χ4n) is 5.75. The molecule has 5 aromatic rings. The summed E-state index contributed by atoms with van der Waals surface area (Å²) in [7, 11) is 0.723. The lowest BCUT2D eigenvalue weighted by atomic mass is 9.94. The molecular formula is C30H34NOSi+. The summed E-state index contributed by atoms with van der Waals surface area (Å²) >= 11 is 0. The zero-order valence-corrected chi connectivity index (χ0v) is 21.8. The van der Waals surface area contributed by atoms with Crippen molar-refractivity contribution in [3.8, 4) is 11.3 Å². The first-order chi connectivity index (χ1) is 15.9. The molecule has 0 bridgehead atoms. The summed E-state index contributed by atoms with van der Waals surface area (Å²) < 4.78 is 8.77. The van der Waals surface area contributed by atoms with Crippen LogP contribution in [-0.4, -0.2) is 8.07 Å². The van der Waals surface area contributed by atoms with Crippen molar-refractivity contribution in [2.75, 3.05) is 0 Å². The summed E-state index contributed by atoms with van der Waals surface area (Å²) in [5, 5.41) is 6.61. The van der Waals surface area contributed by atoms with Crippen molar-refractivity contribution in [2.45, 2.75) is 52.8 Å². The second kappa shape index (κ2) is 8.14. The van der Waals surface area contributed by atoms with Crippen LogP contribution in [0.1, 0.15) is 31.9 Å². The average Bonchev–Trinajstić information content (AvgIpc) is 3.20. The maximum absolute atomic E-state index is 6.50. The number of hydrogen-bond acceptors (Lipinski definition) is 1. The Balaban J connectivity index is 1.86. The van der Waals surface area contributed by atoms with E-state index in [0.717, 1.165) is 11.2 Å². The fraction of sp³-hybridized carbons (Fsp3) is 0.300. The Morgan fingerprint density at radius 1 is 0.818 bits per heavy atom. The molecule has 0 aliphatic carbocycles. The van der Waals surface area contributed by atoms with E-state index in [0.29, 0.717) is 0 Å². The summed E-state index contributed by atoms with van der Waals surface area (Å²) in [5.74, 6) is 0. The minimum Gasteiger partial charge on any atom is -0.455 e. The topological polar surface area (TPSA) is 17.0 Å². The number of furan rings is 1. The van der Waals surface area contributed by atoms with Crippen molar-refractivity contribution in [2.24, 2.45) is 7.05 Å². The average molecular weight is 453 g/mol. The molecule has 0 amide bonds. The minimum absolute atomic E-state index is 0.952. The zero-order valence-electron chi connectivity index (χ0n) is 20.8. The lowest BCUT2D eigenvalue weighted by molar-refractivity contribution is -0.659. The van der Waals surface area contributed by atoms with Gasteiger partial charge in [-0.15, -0.1) is 0 Å². The van der Waals surface area contributed by atoms with Gasteiger partial charge < -0.3 is 4.42 Å². The molecule has 33 heavy (non-hydrogen) atoms.